The van der Waals surface area contributed by atoms with E-state index in [2.05, 4.69) is 5.32 Å². The molecule has 1 aromatic carbocycles. The zero-order valence-corrected chi connectivity index (χ0v) is 13.6. The number of fused-ring (bicyclic) bond motifs is 1. The lowest BCUT2D eigenvalue weighted by Gasteiger charge is -2.44. The first kappa shape index (κ1) is 16.4. The number of aliphatic hydroxyl groups is 1. The molecule has 0 bridgehead atoms. The third kappa shape index (κ3) is 2.75. The van der Waals surface area contributed by atoms with Gasteiger partial charge in [0.2, 0.25) is 11.8 Å². The molecule has 2 saturated heterocycles. The van der Waals surface area contributed by atoms with Gasteiger partial charge in [-0.3, -0.25) is 9.59 Å². The Morgan fingerprint density at radius 2 is 2.04 bits per heavy atom. The molecule has 23 heavy (non-hydrogen) atoms. The topological polar surface area (TPSA) is 89.9 Å². The molecule has 2 fully saturated rings. The van der Waals surface area contributed by atoms with Crippen LogP contribution in [0, 0.1) is 0 Å². The number of hydrogen-bond acceptors (Lipinski definition) is 4. The fourth-order valence-electron chi connectivity index (χ4n) is 3.34. The summed E-state index contributed by atoms with van der Waals surface area (Å²) < 4.78 is 0. The Balaban J connectivity index is 1.88. The summed E-state index contributed by atoms with van der Waals surface area (Å²) in [5, 5.41) is 22.4. The summed E-state index contributed by atoms with van der Waals surface area (Å²) >= 11 is 12.2. The van der Waals surface area contributed by atoms with Crippen molar-refractivity contribution in [2.75, 3.05) is 13.2 Å². The Hall–Kier alpha value is -1.50. The summed E-state index contributed by atoms with van der Waals surface area (Å²) in [5.74, 6) is -0.719. The summed E-state index contributed by atoms with van der Waals surface area (Å²) in [6, 6.07) is 1.49. The lowest BCUT2D eigenvalue weighted by molar-refractivity contribution is -0.152. The summed E-state index contributed by atoms with van der Waals surface area (Å²) in [6.45, 7) is -0.0570. The third-order valence-corrected chi connectivity index (χ3v) is 5.32. The van der Waals surface area contributed by atoms with Gasteiger partial charge in [0.25, 0.3) is 0 Å². The number of nitrogens with zero attached hydrogens (tertiary/aromatic N) is 1. The van der Waals surface area contributed by atoms with Crippen LogP contribution in [0.3, 0.4) is 0 Å². The van der Waals surface area contributed by atoms with E-state index in [1.54, 1.807) is 0 Å². The van der Waals surface area contributed by atoms with Gasteiger partial charge < -0.3 is 20.4 Å². The van der Waals surface area contributed by atoms with Crippen LogP contribution in [0.5, 0.6) is 5.75 Å². The molecular formula is C15H16Cl2N2O4. The van der Waals surface area contributed by atoms with Gasteiger partial charge in [-0.15, -0.1) is 0 Å². The fourth-order valence-corrected chi connectivity index (χ4v) is 3.82. The van der Waals surface area contributed by atoms with Crippen LogP contribution in [-0.4, -0.2) is 52.2 Å². The lowest BCUT2D eigenvalue weighted by atomic mass is 9.83. The molecule has 0 saturated carbocycles. The van der Waals surface area contributed by atoms with Crippen molar-refractivity contribution in [3.05, 3.63) is 27.7 Å². The fraction of sp³-hybridized carbons (Fsp3) is 0.467. The Kier molecular flexibility index (Phi) is 4.40. The molecule has 2 heterocycles. The molecule has 0 aromatic heterocycles. The number of benzene rings is 1. The van der Waals surface area contributed by atoms with Crippen LogP contribution in [0.15, 0.2) is 12.1 Å². The summed E-state index contributed by atoms with van der Waals surface area (Å²) in [6.07, 6.45) is 0.907. The number of hydrogen-bond donors (Lipinski definition) is 3. The van der Waals surface area contributed by atoms with E-state index in [0.717, 1.165) is 0 Å². The van der Waals surface area contributed by atoms with Gasteiger partial charge >= 0.3 is 0 Å². The normalized spacial score (nSPS) is 27.6. The zero-order valence-electron chi connectivity index (χ0n) is 12.1. The number of carbonyl (C=O) groups excluding carboxylic acids is 2. The van der Waals surface area contributed by atoms with Crippen molar-refractivity contribution in [1.82, 2.24) is 10.2 Å². The van der Waals surface area contributed by atoms with E-state index in [1.165, 1.54) is 17.0 Å². The number of phenolic OH excluding ortho intramolecular Hbond substituents is 1. The van der Waals surface area contributed by atoms with E-state index in [0.29, 0.717) is 30.0 Å². The standard InChI is InChI=1S/C15H16Cl2N2O4/c16-8-1-2-11(21)12(13(8)17)7-3-4-19-10(5-7)14(22)18-9(6-20)15(19)23/h1-2,7,9-10,20-21H,3-6H2,(H,18,22)/t7-,9+,10+/m0/s1. The second kappa shape index (κ2) is 6.19. The number of piperazine rings is 1. The van der Waals surface area contributed by atoms with Crippen molar-refractivity contribution >= 4 is 35.0 Å². The van der Waals surface area contributed by atoms with Gasteiger partial charge in [-0.1, -0.05) is 23.2 Å². The highest BCUT2D eigenvalue weighted by Gasteiger charge is 2.44. The number of aromatic hydroxyl groups is 1. The highest BCUT2D eigenvalue weighted by Crippen LogP contribution is 2.43. The summed E-state index contributed by atoms with van der Waals surface area (Å²) in [7, 11) is 0. The second-order valence-electron chi connectivity index (χ2n) is 5.81. The number of aliphatic hydroxyl groups excluding tert-OH is 1. The molecule has 0 spiro atoms. The molecule has 8 heteroatoms. The molecule has 2 aliphatic heterocycles. The molecule has 0 radical (unpaired) electrons. The van der Waals surface area contributed by atoms with Crippen LogP contribution in [0.1, 0.15) is 24.3 Å². The van der Waals surface area contributed by atoms with E-state index in [1.807, 2.05) is 0 Å². The maximum Gasteiger partial charge on any atom is 0.248 e. The molecule has 2 amide bonds. The first-order valence-corrected chi connectivity index (χ1v) is 8.08. The van der Waals surface area contributed by atoms with E-state index in [-0.39, 0.29) is 28.5 Å². The predicted octanol–water partition coefficient (Wildman–Crippen LogP) is 1.26. The number of piperidine rings is 1. The Morgan fingerprint density at radius 1 is 1.30 bits per heavy atom. The van der Waals surface area contributed by atoms with Crippen molar-refractivity contribution in [3.8, 4) is 5.75 Å². The van der Waals surface area contributed by atoms with Crippen molar-refractivity contribution in [2.24, 2.45) is 0 Å². The van der Waals surface area contributed by atoms with Crippen molar-refractivity contribution in [3.63, 3.8) is 0 Å². The Bertz CT molecular complexity index is 667. The quantitative estimate of drug-likeness (QED) is 0.742. The molecule has 3 atom stereocenters. The number of halogens is 2. The van der Waals surface area contributed by atoms with Gasteiger partial charge in [-0.2, -0.15) is 0 Å². The van der Waals surface area contributed by atoms with Crippen LogP contribution in [0.25, 0.3) is 0 Å². The monoisotopic (exact) mass is 358 g/mol. The molecular weight excluding hydrogens is 343 g/mol. The molecule has 1 aromatic rings. The third-order valence-electron chi connectivity index (χ3n) is 4.50. The molecule has 2 aliphatic rings. The van der Waals surface area contributed by atoms with Crippen LogP contribution < -0.4 is 5.32 Å². The van der Waals surface area contributed by atoms with Gasteiger partial charge in [0.05, 0.1) is 16.7 Å². The first-order chi connectivity index (χ1) is 10.9. The highest BCUT2D eigenvalue weighted by atomic mass is 35.5. The van der Waals surface area contributed by atoms with Crippen LogP contribution >= 0.6 is 23.2 Å². The first-order valence-electron chi connectivity index (χ1n) is 7.32. The zero-order chi connectivity index (χ0) is 16.7. The van der Waals surface area contributed by atoms with E-state index in [9.17, 15) is 19.8 Å². The number of phenols is 1. The van der Waals surface area contributed by atoms with Gasteiger partial charge in [-0.05, 0) is 30.9 Å². The van der Waals surface area contributed by atoms with Crippen molar-refractivity contribution < 1.29 is 19.8 Å². The second-order valence-corrected chi connectivity index (χ2v) is 6.59. The summed E-state index contributed by atoms with van der Waals surface area (Å²) in [4.78, 5) is 25.9. The number of amides is 2. The minimum absolute atomic E-state index is 0.0358. The van der Waals surface area contributed by atoms with E-state index < -0.39 is 18.7 Å². The van der Waals surface area contributed by atoms with E-state index >= 15 is 0 Å². The molecule has 0 unspecified atom stereocenters. The largest absolute Gasteiger partial charge is 0.508 e. The predicted molar refractivity (Wildman–Crippen MR) is 84.6 cm³/mol. The summed E-state index contributed by atoms with van der Waals surface area (Å²) in [5.41, 5.74) is 0.517. The molecule has 0 aliphatic carbocycles. The number of carbonyl (C=O) groups is 2. The van der Waals surface area contributed by atoms with E-state index in [4.69, 9.17) is 23.2 Å². The lowest BCUT2D eigenvalue weighted by Crippen LogP contribution is -2.66. The van der Waals surface area contributed by atoms with Gasteiger partial charge in [0.1, 0.15) is 17.8 Å². The molecule has 3 rings (SSSR count). The SMILES string of the molecule is O=C1N[C@H](CO)C(=O)N2CC[C@H](c3c(O)ccc(Cl)c3Cl)C[C@H]12. The van der Waals surface area contributed by atoms with Crippen LogP contribution in [-0.2, 0) is 9.59 Å². The average molecular weight is 359 g/mol. The Labute approximate surface area is 143 Å². The maximum atomic E-state index is 12.2. The smallest absolute Gasteiger partial charge is 0.248 e. The van der Waals surface area contributed by atoms with Gasteiger partial charge in [0, 0.05) is 12.1 Å². The number of nitrogens with one attached hydrogen (secondary N) is 1. The van der Waals surface area contributed by atoms with Gasteiger partial charge in [0.15, 0.2) is 0 Å². The number of rotatable bonds is 2. The van der Waals surface area contributed by atoms with Crippen molar-refractivity contribution in [2.45, 2.75) is 30.8 Å². The maximum absolute atomic E-state index is 12.2. The molecule has 3 N–H and O–H groups in total. The Morgan fingerprint density at radius 3 is 2.74 bits per heavy atom. The van der Waals surface area contributed by atoms with Crippen molar-refractivity contribution in [1.29, 1.82) is 0 Å². The van der Waals surface area contributed by atoms with Gasteiger partial charge in [-0.25, -0.2) is 0 Å². The average Bonchev–Trinajstić information content (AvgIpc) is 2.54. The van der Waals surface area contributed by atoms with Crippen LogP contribution in [0.4, 0.5) is 0 Å². The molecule has 6 nitrogen and oxygen atoms in total. The minimum atomic E-state index is -0.876. The molecule has 124 valence electrons. The van der Waals surface area contributed by atoms with Crippen LogP contribution in [0.2, 0.25) is 10.0 Å². The minimum Gasteiger partial charge on any atom is -0.508 e. The highest BCUT2D eigenvalue weighted by molar-refractivity contribution is 6.42.